The van der Waals surface area contributed by atoms with Crippen LogP contribution in [-0.4, -0.2) is 35.0 Å². The summed E-state index contributed by atoms with van der Waals surface area (Å²) in [5.41, 5.74) is -0.419. The summed E-state index contributed by atoms with van der Waals surface area (Å²) >= 11 is 0. The normalized spacial score (nSPS) is 11.2. The molecule has 0 aromatic carbocycles. The Balaban J connectivity index is 2.01. The van der Waals surface area contributed by atoms with Gasteiger partial charge in [-0.05, 0) is 18.2 Å². The molecule has 2 heterocycles. The van der Waals surface area contributed by atoms with E-state index in [0.29, 0.717) is 11.6 Å². The zero-order valence-electron chi connectivity index (χ0n) is 12.4. The molecule has 122 valence electrons. The Hall–Kier alpha value is -2.71. The third-order valence-electron chi connectivity index (χ3n) is 2.85. The number of carbonyl (C=O) groups excluding carboxylic acids is 1. The van der Waals surface area contributed by atoms with Crippen LogP contribution in [0.2, 0.25) is 0 Å². The van der Waals surface area contributed by atoms with Crippen molar-refractivity contribution in [1.29, 1.82) is 0 Å². The van der Waals surface area contributed by atoms with Crippen LogP contribution in [0.3, 0.4) is 0 Å². The molecule has 9 heteroatoms. The Bertz CT molecular complexity index is 686. The van der Waals surface area contributed by atoms with Crippen molar-refractivity contribution >= 4 is 11.9 Å². The molecule has 23 heavy (non-hydrogen) atoms. The fourth-order valence-electron chi connectivity index (χ4n) is 1.67. The lowest BCUT2D eigenvalue weighted by atomic mass is 10.2. The molecule has 0 radical (unpaired) electrons. The van der Waals surface area contributed by atoms with Gasteiger partial charge in [-0.3, -0.25) is 9.78 Å². The van der Waals surface area contributed by atoms with E-state index in [4.69, 9.17) is 0 Å². The van der Waals surface area contributed by atoms with E-state index in [9.17, 15) is 18.0 Å². The van der Waals surface area contributed by atoms with Crippen molar-refractivity contribution in [1.82, 2.24) is 20.3 Å². The lowest BCUT2D eigenvalue weighted by Crippen LogP contribution is -2.24. The first-order valence-corrected chi connectivity index (χ1v) is 6.58. The number of carbonyl (C=O) groups is 1. The molecule has 0 saturated carbocycles. The number of hydrogen-bond acceptors (Lipinski definition) is 5. The highest BCUT2D eigenvalue weighted by Gasteiger charge is 2.32. The summed E-state index contributed by atoms with van der Waals surface area (Å²) in [6.45, 7) is 0.128. The van der Waals surface area contributed by atoms with E-state index in [1.807, 2.05) is 0 Å². The molecule has 2 rings (SSSR count). The average molecular weight is 325 g/mol. The number of nitrogens with one attached hydrogen (secondary N) is 1. The molecule has 0 unspecified atom stereocenters. The predicted molar refractivity (Wildman–Crippen MR) is 76.8 cm³/mol. The second-order valence-corrected chi connectivity index (χ2v) is 4.85. The number of pyridine rings is 1. The molecule has 0 fully saturated rings. The quantitative estimate of drug-likeness (QED) is 0.929. The van der Waals surface area contributed by atoms with Crippen LogP contribution in [0.4, 0.5) is 19.1 Å². The summed E-state index contributed by atoms with van der Waals surface area (Å²) < 4.78 is 37.2. The lowest BCUT2D eigenvalue weighted by molar-refractivity contribution is -0.141. The monoisotopic (exact) mass is 325 g/mol. The van der Waals surface area contributed by atoms with Crippen molar-refractivity contribution in [2.75, 3.05) is 19.0 Å². The maximum atomic E-state index is 12.4. The van der Waals surface area contributed by atoms with Gasteiger partial charge < -0.3 is 10.2 Å². The van der Waals surface area contributed by atoms with Crippen LogP contribution < -0.4 is 10.2 Å². The number of amides is 1. The van der Waals surface area contributed by atoms with Crippen molar-refractivity contribution in [2.24, 2.45) is 0 Å². The molecule has 0 atom stereocenters. The van der Waals surface area contributed by atoms with E-state index in [1.165, 1.54) is 0 Å². The molecule has 2 aromatic heterocycles. The minimum absolute atomic E-state index is 0.0416. The summed E-state index contributed by atoms with van der Waals surface area (Å²) in [4.78, 5) is 25.1. The number of anilines is 1. The molecule has 0 aliphatic rings. The van der Waals surface area contributed by atoms with E-state index in [-0.39, 0.29) is 12.1 Å². The first kappa shape index (κ1) is 16.7. The molecule has 0 spiro atoms. The van der Waals surface area contributed by atoms with E-state index < -0.39 is 17.8 Å². The minimum atomic E-state index is -4.53. The van der Waals surface area contributed by atoms with Crippen LogP contribution in [-0.2, 0) is 12.7 Å². The van der Waals surface area contributed by atoms with Gasteiger partial charge in [-0.1, -0.05) is 0 Å². The van der Waals surface area contributed by atoms with Gasteiger partial charge in [0.25, 0.3) is 5.91 Å². The molecule has 6 nitrogen and oxygen atoms in total. The van der Waals surface area contributed by atoms with Gasteiger partial charge in [0.1, 0.15) is 5.69 Å². The number of hydrogen-bond donors (Lipinski definition) is 1. The van der Waals surface area contributed by atoms with Crippen LogP contribution in [0.5, 0.6) is 0 Å². The zero-order valence-corrected chi connectivity index (χ0v) is 12.4. The fraction of sp³-hybridized carbons (Fsp3) is 0.286. The van der Waals surface area contributed by atoms with E-state index in [2.05, 4.69) is 20.3 Å². The van der Waals surface area contributed by atoms with Crippen molar-refractivity contribution < 1.29 is 18.0 Å². The zero-order chi connectivity index (χ0) is 17.0. The predicted octanol–water partition coefficient (Wildman–Crippen LogP) is 1.89. The molecule has 0 aliphatic carbocycles. The van der Waals surface area contributed by atoms with Gasteiger partial charge >= 0.3 is 6.18 Å². The summed E-state index contributed by atoms with van der Waals surface area (Å²) in [6, 6.07) is 3.48. The Labute approximate surface area is 130 Å². The highest BCUT2D eigenvalue weighted by Crippen LogP contribution is 2.27. The first-order valence-electron chi connectivity index (χ1n) is 6.58. The molecule has 0 saturated heterocycles. The number of halogens is 3. The smallest absolute Gasteiger partial charge is 0.347 e. The van der Waals surface area contributed by atoms with Gasteiger partial charge in [0.15, 0.2) is 0 Å². The number of nitrogens with zero attached hydrogens (tertiary/aromatic N) is 4. The second-order valence-electron chi connectivity index (χ2n) is 4.85. The molecular weight excluding hydrogens is 311 g/mol. The van der Waals surface area contributed by atoms with Gasteiger partial charge in [-0.2, -0.15) is 13.2 Å². The summed E-state index contributed by atoms with van der Waals surface area (Å²) in [6.07, 6.45) is -2.08. The van der Waals surface area contributed by atoms with Gasteiger partial charge in [-0.15, -0.1) is 0 Å². The number of aromatic nitrogens is 3. The highest BCUT2D eigenvalue weighted by molar-refractivity contribution is 5.93. The Morgan fingerprint density at radius 2 is 1.96 bits per heavy atom. The molecular formula is C14H14F3N5O. The Morgan fingerprint density at radius 1 is 1.22 bits per heavy atom. The van der Waals surface area contributed by atoms with Crippen LogP contribution in [0.25, 0.3) is 0 Å². The van der Waals surface area contributed by atoms with Gasteiger partial charge in [0.05, 0.1) is 17.8 Å². The van der Waals surface area contributed by atoms with E-state index in [1.54, 1.807) is 31.3 Å². The lowest BCUT2D eigenvalue weighted by Gasteiger charge is -2.11. The third kappa shape index (κ3) is 4.38. The minimum Gasteiger partial charge on any atom is -0.347 e. The maximum absolute atomic E-state index is 12.4. The van der Waals surface area contributed by atoms with Crippen LogP contribution >= 0.6 is 0 Å². The van der Waals surface area contributed by atoms with E-state index >= 15 is 0 Å². The fourth-order valence-corrected chi connectivity index (χ4v) is 1.67. The van der Waals surface area contributed by atoms with Crippen LogP contribution in [0.1, 0.15) is 21.7 Å². The highest BCUT2D eigenvalue weighted by atomic mass is 19.4. The Kier molecular flexibility index (Phi) is 4.77. The molecule has 0 aliphatic heterocycles. The standard InChI is InChI=1S/C14H14F3N5O/c1-22(2)13-18-6-5-10(21-13)8-20-12(23)9-3-4-11(19-7-9)14(15,16)17/h3-7H,8H2,1-2H3,(H,20,23). The van der Waals surface area contributed by atoms with Gasteiger partial charge in [-0.25, -0.2) is 9.97 Å². The number of rotatable bonds is 4. The van der Waals surface area contributed by atoms with Crippen LogP contribution in [0.15, 0.2) is 30.6 Å². The number of alkyl halides is 3. The third-order valence-corrected chi connectivity index (χ3v) is 2.85. The second kappa shape index (κ2) is 6.59. The summed E-state index contributed by atoms with van der Waals surface area (Å²) in [5.74, 6) is -0.0378. The van der Waals surface area contributed by atoms with Crippen molar-refractivity contribution in [3.8, 4) is 0 Å². The summed E-state index contributed by atoms with van der Waals surface area (Å²) in [7, 11) is 3.57. The topological polar surface area (TPSA) is 71.0 Å². The van der Waals surface area contributed by atoms with Gasteiger partial charge in [0.2, 0.25) is 5.95 Å². The largest absolute Gasteiger partial charge is 0.433 e. The van der Waals surface area contributed by atoms with Crippen molar-refractivity contribution in [3.05, 3.63) is 47.5 Å². The molecule has 1 N–H and O–H groups in total. The van der Waals surface area contributed by atoms with Crippen molar-refractivity contribution in [2.45, 2.75) is 12.7 Å². The summed E-state index contributed by atoms with van der Waals surface area (Å²) in [5, 5.41) is 2.57. The maximum Gasteiger partial charge on any atom is 0.433 e. The SMILES string of the molecule is CN(C)c1nccc(CNC(=O)c2ccc(C(F)(F)F)nc2)n1. The van der Waals surface area contributed by atoms with Crippen molar-refractivity contribution in [3.63, 3.8) is 0 Å². The van der Waals surface area contributed by atoms with Crippen LogP contribution in [0, 0.1) is 0 Å². The molecule has 1 amide bonds. The first-order chi connectivity index (χ1) is 10.8. The average Bonchev–Trinajstić information content (AvgIpc) is 2.52. The van der Waals surface area contributed by atoms with Gasteiger partial charge in [0, 0.05) is 26.5 Å². The molecule has 2 aromatic rings. The molecule has 0 bridgehead atoms. The van der Waals surface area contributed by atoms with E-state index in [0.717, 1.165) is 18.3 Å². The Morgan fingerprint density at radius 3 is 2.52 bits per heavy atom.